The van der Waals surface area contributed by atoms with Crippen LogP contribution in [0.15, 0.2) is 23.1 Å². The molecule has 3 N–H and O–H groups in total. The number of carbonyl (C=O) groups is 1. The van der Waals surface area contributed by atoms with Crippen molar-refractivity contribution in [1.82, 2.24) is 4.72 Å². The van der Waals surface area contributed by atoms with Crippen molar-refractivity contribution >= 4 is 16.0 Å². The van der Waals surface area contributed by atoms with Crippen LogP contribution in [0.1, 0.15) is 43.0 Å². The van der Waals surface area contributed by atoms with E-state index in [1.165, 1.54) is 32.4 Å². The van der Waals surface area contributed by atoms with Gasteiger partial charge in [-0.2, -0.15) is 0 Å². The summed E-state index contributed by atoms with van der Waals surface area (Å²) in [5.74, 6) is -0.293. The lowest BCUT2D eigenvalue weighted by Gasteiger charge is -2.42. The Kier molecular flexibility index (Phi) is 6.08. The molecule has 1 saturated carbocycles. The smallest absolute Gasteiger partial charge is 0.341 e. The van der Waals surface area contributed by atoms with Crippen molar-refractivity contribution < 1.29 is 22.7 Å². The third-order valence-electron chi connectivity index (χ3n) is 5.04. The fourth-order valence-electron chi connectivity index (χ4n) is 3.35. The molecule has 8 heteroatoms. The van der Waals surface area contributed by atoms with Gasteiger partial charge >= 0.3 is 5.97 Å². The first-order valence-corrected chi connectivity index (χ1v) is 9.78. The van der Waals surface area contributed by atoms with E-state index < -0.39 is 21.5 Å². The maximum absolute atomic E-state index is 12.9. The zero-order valence-electron chi connectivity index (χ0n) is 14.9. The van der Waals surface area contributed by atoms with Crippen LogP contribution in [0.25, 0.3) is 0 Å². The second-order valence-corrected chi connectivity index (χ2v) is 8.15. The molecule has 2 rings (SSSR count). The normalized spacial score (nSPS) is 23.9. The second-order valence-electron chi connectivity index (χ2n) is 6.47. The third-order valence-corrected chi connectivity index (χ3v) is 6.59. The monoisotopic (exact) mass is 370 g/mol. The summed E-state index contributed by atoms with van der Waals surface area (Å²) in [6, 6.07) is 4.08. The molecule has 0 amide bonds. The van der Waals surface area contributed by atoms with Crippen LogP contribution in [0.2, 0.25) is 0 Å². The third kappa shape index (κ3) is 3.96. The summed E-state index contributed by atoms with van der Waals surface area (Å²) >= 11 is 0. The lowest BCUT2D eigenvalue weighted by atomic mass is 9.74. The number of rotatable bonds is 6. The van der Waals surface area contributed by atoms with E-state index >= 15 is 0 Å². The molecule has 0 saturated heterocycles. The fraction of sp³-hybridized carbons (Fsp3) is 0.588. The van der Waals surface area contributed by atoms with Crippen LogP contribution in [0.3, 0.4) is 0 Å². The molecule has 140 valence electrons. The Morgan fingerprint density at radius 3 is 2.64 bits per heavy atom. The minimum Gasteiger partial charge on any atom is -0.496 e. The van der Waals surface area contributed by atoms with Gasteiger partial charge in [-0.05, 0) is 30.9 Å². The zero-order valence-corrected chi connectivity index (χ0v) is 15.7. The van der Waals surface area contributed by atoms with Crippen LogP contribution in [0.5, 0.6) is 5.75 Å². The molecule has 7 nitrogen and oxygen atoms in total. The highest BCUT2D eigenvalue weighted by molar-refractivity contribution is 7.89. The lowest BCUT2D eigenvalue weighted by Crippen LogP contribution is -2.58. The maximum atomic E-state index is 12.9. The topological polar surface area (TPSA) is 108 Å². The molecule has 1 aromatic carbocycles. The van der Waals surface area contributed by atoms with Crippen molar-refractivity contribution in [2.24, 2.45) is 11.7 Å². The van der Waals surface area contributed by atoms with E-state index in [2.05, 4.69) is 9.46 Å². The van der Waals surface area contributed by atoms with Crippen LogP contribution < -0.4 is 15.2 Å². The Morgan fingerprint density at radius 1 is 1.36 bits per heavy atom. The number of carbonyl (C=O) groups excluding carboxylic acids is 1. The first-order valence-electron chi connectivity index (χ1n) is 8.30. The van der Waals surface area contributed by atoms with Crippen molar-refractivity contribution in [1.29, 1.82) is 0 Å². The van der Waals surface area contributed by atoms with Gasteiger partial charge in [0.1, 0.15) is 11.3 Å². The Labute approximate surface area is 148 Å². The minimum absolute atomic E-state index is 0.0302. The average Bonchev–Trinajstić information content (AvgIpc) is 2.62. The van der Waals surface area contributed by atoms with Crippen LogP contribution in [0.4, 0.5) is 0 Å². The zero-order chi connectivity index (χ0) is 18.7. The number of nitrogens with one attached hydrogen (secondary N) is 1. The summed E-state index contributed by atoms with van der Waals surface area (Å²) in [5, 5.41) is 0. The first kappa shape index (κ1) is 19.7. The van der Waals surface area contributed by atoms with Gasteiger partial charge in [0, 0.05) is 18.2 Å². The Bertz CT molecular complexity index is 735. The molecule has 2 atom stereocenters. The maximum Gasteiger partial charge on any atom is 0.341 e. The van der Waals surface area contributed by atoms with Gasteiger partial charge < -0.3 is 15.2 Å². The van der Waals surface area contributed by atoms with Gasteiger partial charge in [0.2, 0.25) is 10.0 Å². The summed E-state index contributed by atoms with van der Waals surface area (Å²) in [7, 11) is -1.18. The van der Waals surface area contributed by atoms with Crippen LogP contribution in [-0.4, -0.2) is 40.7 Å². The van der Waals surface area contributed by atoms with Gasteiger partial charge in [0.15, 0.2) is 0 Å². The Morgan fingerprint density at radius 2 is 2.08 bits per heavy atom. The summed E-state index contributed by atoms with van der Waals surface area (Å²) in [6.07, 6.45) is 3.66. The first-order chi connectivity index (χ1) is 11.8. The molecule has 25 heavy (non-hydrogen) atoms. The highest BCUT2D eigenvalue weighted by atomic mass is 32.2. The average molecular weight is 370 g/mol. The summed E-state index contributed by atoms with van der Waals surface area (Å²) < 4.78 is 38.4. The molecular formula is C17H26N2O5S. The number of methoxy groups -OCH3 is 2. The van der Waals surface area contributed by atoms with Crippen molar-refractivity contribution in [2.75, 3.05) is 20.8 Å². The van der Waals surface area contributed by atoms with Crippen molar-refractivity contribution in [2.45, 2.75) is 43.0 Å². The standard InChI is InChI=1S/C17H26N2O5S/c1-12-6-4-5-9-17(12,11-18)19-25(21,22)13-7-8-14(16(20)24-3)15(10-13)23-2/h7-8,10,12,19H,4-6,9,11,18H2,1-3H3. The second kappa shape index (κ2) is 7.72. The van der Waals surface area contributed by atoms with E-state index in [0.717, 1.165) is 19.3 Å². The number of ether oxygens (including phenoxy) is 2. The fourth-order valence-corrected chi connectivity index (χ4v) is 4.90. The molecule has 0 heterocycles. The van der Waals surface area contributed by atoms with E-state index in [0.29, 0.717) is 6.42 Å². The van der Waals surface area contributed by atoms with Gasteiger partial charge in [0.05, 0.1) is 19.1 Å². The number of esters is 1. The molecule has 0 radical (unpaired) electrons. The minimum atomic E-state index is -3.81. The lowest BCUT2D eigenvalue weighted by molar-refractivity contribution is 0.0597. The van der Waals surface area contributed by atoms with Crippen molar-refractivity contribution in [3.8, 4) is 5.75 Å². The van der Waals surface area contributed by atoms with Gasteiger partial charge in [-0.1, -0.05) is 19.8 Å². The Hall–Kier alpha value is -1.64. The van der Waals surface area contributed by atoms with E-state index in [9.17, 15) is 13.2 Å². The largest absolute Gasteiger partial charge is 0.496 e. The number of hydrogen-bond donors (Lipinski definition) is 2. The van der Waals surface area contributed by atoms with Crippen molar-refractivity contribution in [3.63, 3.8) is 0 Å². The predicted molar refractivity (Wildman–Crippen MR) is 94.1 cm³/mol. The highest BCUT2D eigenvalue weighted by Gasteiger charge is 2.40. The van der Waals surface area contributed by atoms with Crippen molar-refractivity contribution in [3.05, 3.63) is 23.8 Å². The molecule has 0 aliphatic heterocycles. The molecule has 0 bridgehead atoms. The molecular weight excluding hydrogens is 344 g/mol. The van der Waals surface area contributed by atoms with E-state index in [1.807, 2.05) is 6.92 Å². The predicted octanol–water partition coefficient (Wildman–Crippen LogP) is 1.67. The van der Waals surface area contributed by atoms with Gasteiger partial charge in [-0.3, -0.25) is 0 Å². The van der Waals surface area contributed by atoms with Crippen LogP contribution >= 0.6 is 0 Å². The Balaban J connectivity index is 2.37. The summed E-state index contributed by atoms with van der Waals surface area (Å²) in [5.41, 5.74) is 5.46. The molecule has 0 spiro atoms. The van der Waals surface area contributed by atoms with Gasteiger partial charge in [0.25, 0.3) is 0 Å². The SMILES string of the molecule is COC(=O)c1ccc(S(=O)(=O)NC2(CN)CCCCC2C)cc1OC. The quantitative estimate of drug-likeness (QED) is 0.738. The van der Waals surface area contributed by atoms with E-state index in [-0.39, 0.29) is 28.7 Å². The van der Waals surface area contributed by atoms with Gasteiger partial charge in [-0.15, -0.1) is 0 Å². The number of hydrogen-bond acceptors (Lipinski definition) is 6. The van der Waals surface area contributed by atoms with E-state index in [4.69, 9.17) is 10.5 Å². The molecule has 1 aliphatic carbocycles. The van der Waals surface area contributed by atoms with E-state index in [1.54, 1.807) is 0 Å². The molecule has 1 aliphatic rings. The highest BCUT2D eigenvalue weighted by Crippen LogP contribution is 2.34. The summed E-state index contributed by atoms with van der Waals surface area (Å²) in [6.45, 7) is 2.26. The number of nitrogens with two attached hydrogens (primary N) is 1. The van der Waals surface area contributed by atoms with Gasteiger partial charge in [-0.25, -0.2) is 17.9 Å². The molecule has 2 unspecified atom stereocenters. The van der Waals surface area contributed by atoms with Crippen LogP contribution in [-0.2, 0) is 14.8 Å². The van der Waals surface area contributed by atoms with Crippen LogP contribution in [0, 0.1) is 5.92 Å². The molecule has 0 aromatic heterocycles. The summed E-state index contributed by atoms with van der Waals surface area (Å²) in [4.78, 5) is 11.8. The number of sulfonamides is 1. The molecule has 1 aromatic rings. The molecule has 1 fully saturated rings. The number of benzene rings is 1.